The highest BCUT2D eigenvalue weighted by Crippen LogP contribution is 2.63. The number of methoxy groups -OCH3 is 2. The van der Waals surface area contributed by atoms with Crippen molar-refractivity contribution in [1.82, 2.24) is 0 Å². The van der Waals surface area contributed by atoms with E-state index in [9.17, 15) is 9.90 Å². The van der Waals surface area contributed by atoms with Crippen LogP contribution in [0.4, 0.5) is 0 Å². The first-order chi connectivity index (χ1) is 11.9. The number of rotatable bonds is 5. The first-order valence-corrected chi connectivity index (χ1v) is 10.3. The van der Waals surface area contributed by atoms with Gasteiger partial charge in [0.2, 0.25) is 0 Å². The standard InChI is InChI=1S/C18H24O5S2/c1-12(19)23-7-6-17(20)10-13-14(21-2)4-5-15(22-3)16(13)18(11-17)24-8-9-25-18/h4-5,20H,6-11H2,1-3H3. The zero-order valence-electron chi connectivity index (χ0n) is 14.8. The van der Waals surface area contributed by atoms with Crippen LogP contribution in [0, 0.1) is 0 Å². The number of carbonyl (C=O) groups is 1. The Morgan fingerprint density at radius 3 is 2.44 bits per heavy atom. The third-order valence-electron chi connectivity index (χ3n) is 4.75. The van der Waals surface area contributed by atoms with E-state index in [1.54, 1.807) is 14.2 Å². The molecule has 1 spiro atoms. The first kappa shape index (κ1) is 18.7. The lowest BCUT2D eigenvalue weighted by molar-refractivity contribution is -0.142. The molecule has 1 aliphatic carbocycles. The van der Waals surface area contributed by atoms with Crippen molar-refractivity contribution in [3.8, 4) is 11.5 Å². The molecule has 25 heavy (non-hydrogen) atoms. The van der Waals surface area contributed by atoms with Crippen LogP contribution in [-0.2, 0) is 20.0 Å². The second-order valence-corrected chi connectivity index (χ2v) is 9.49. The van der Waals surface area contributed by atoms with Crippen LogP contribution in [0.2, 0.25) is 0 Å². The van der Waals surface area contributed by atoms with E-state index in [0.717, 1.165) is 34.1 Å². The smallest absolute Gasteiger partial charge is 0.302 e. The first-order valence-electron chi connectivity index (χ1n) is 8.31. The van der Waals surface area contributed by atoms with Crippen LogP contribution in [0.3, 0.4) is 0 Å². The number of fused-ring (bicyclic) bond motifs is 2. The van der Waals surface area contributed by atoms with Gasteiger partial charge in [0.05, 0.1) is 30.5 Å². The fourth-order valence-electron chi connectivity index (χ4n) is 3.74. The lowest BCUT2D eigenvalue weighted by atomic mass is 9.77. The molecule has 1 fully saturated rings. The minimum Gasteiger partial charge on any atom is -0.496 e. The maximum atomic E-state index is 11.3. The summed E-state index contributed by atoms with van der Waals surface area (Å²) < 4.78 is 16.1. The molecule has 2 aliphatic rings. The number of benzene rings is 1. The van der Waals surface area contributed by atoms with Gasteiger partial charge in [0.15, 0.2) is 0 Å². The molecule has 138 valence electrons. The summed E-state index contributed by atoms with van der Waals surface area (Å²) in [4.78, 5) is 11.1. The molecule has 5 nitrogen and oxygen atoms in total. The Hall–Kier alpha value is -1.05. The number of thioether (sulfide) groups is 2. The Kier molecular flexibility index (Phi) is 5.46. The minimum atomic E-state index is -0.938. The molecule has 1 aromatic rings. The Bertz CT molecular complexity index is 657. The van der Waals surface area contributed by atoms with Gasteiger partial charge in [0.1, 0.15) is 11.5 Å². The topological polar surface area (TPSA) is 65.0 Å². The van der Waals surface area contributed by atoms with E-state index in [4.69, 9.17) is 14.2 Å². The van der Waals surface area contributed by atoms with Gasteiger partial charge in [0, 0.05) is 48.8 Å². The lowest BCUT2D eigenvalue weighted by Crippen LogP contribution is -2.44. The van der Waals surface area contributed by atoms with Gasteiger partial charge in [-0.3, -0.25) is 4.79 Å². The molecule has 7 heteroatoms. The van der Waals surface area contributed by atoms with Crippen LogP contribution in [0.25, 0.3) is 0 Å². The van der Waals surface area contributed by atoms with E-state index < -0.39 is 5.60 Å². The molecule has 3 rings (SSSR count). The average Bonchev–Trinajstić information content (AvgIpc) is 3.01. The fraction of sp³-hybridized carbons (Fsp3) is 0.611. The molecule has 1 heterocycles. The second-order valence-electron chi connectivity index (χ2n) is 6.44. The average molecular weight is 385 g/mol. The van der Waals surface area contributed by atoms with Gasteiger partial charge in [-0.25, -0.2) is 0 Å². The minimum absolute atomic E-state index is 0.221. The van der Waals surface area contributed by atoms with Gasteiger partial charge in [-0.1, -0.05) is 0 Å². The zero-order valence-corrected chi connectivity index (χ0v) is 16.4. The Morgan fingerprint density at radius 1 is 1.20 bits per heavy atom. The van der Waals surface area contributed by atoms with Gasteiger partial charge in [-0.2, -0.15) is 0 Å². The molecule has 0 bridgehead atoms. The second kappa shape index (κ2) is 7.29. The predicted octanol–water partition coefficient (Wildman–Crippen LogP) is 2.97. The van der Waals surface area contributed by atoms with Crippen molar-refractivity contribution in [2.45, 2.75) is 35.9 Å². The number of ether oxygens (including phenoxy) is 3. The highest BCUT2D eigenvalue weighted by atomic mass is 32.2. The van der Waals surface area contributed by atoms with Gasteiger partial charge < -0.3 is 19.3 Å². The summed E-state index contributed by atoms with van der Waals surface area (Å²) in [5, 5.41) is 11.3. The molecule has 0 saturated carbocycles. The molecular weight excluding hydrogens is 360 g/mol. The van der Waals surface area contributed by atoms with Crippen molar-refractivity contribution >= 4 is 29.5 Å². The maximum absolute atomic E-state index is 11.3. The molecule has 1 aromatic carbocycles. The Balaban J connectivity index is 2.02. The van der Waals surface area contributed by atoms with Crippen LogP contribution in [0.15, 0.2) is 12.1 Å². The summed E-state index contributed by atoms with van der Waals surface area (Å²) in [5.74, 6) is 3.36. The van der Waals surface area contributed by atoms with Crippen molar-refractivity contribution in [3.05, 3.63) is 23.3 Å². The SMILES string of the molecule is COc1ccc(OC)c2c1CC(O)(CCOC(C)=O)CC21SCCS1. The summed E-state index contributed by atoms with van der Waals surface area (Å²) in [6.07, 6.45) is 1.48. The summed E-state index contributed by atoms with van der Waals surface area (Å²) >= 11 is 3.72. The molecule has 1 N–H and O–H groups in total. The highest BCUT2D eigenvalue weighted by Gasteiger charge is 2.52. The number of hydrogen-bond donors (Lipinski definition) is 1. The van der Waals surface area contributed by atoms with Crippen LogP contribution in [0.5, 0.6) is 11.5 Å². The number of aliphatic hydroxyl groups is 1. The van der Waals surface area contributed by atoms with E-state index in [1.165, 1.54) is 6.92 Å². The normalized spacial score (nSPS) is 24.0. The van der Waals surface area contributed by atoms with E-state index >= 15 is 0 Å². The zero-order chi connectivity index (χ0) is 18.1. The Labute approximate surface area is 156 Å². The molecule has 0 radical (unpaired) electrons. The van der Waals surface area contributed by atoms with Gasteiger partial charge in [-0.05, 0) is 12.1 Å². The van der Waals surface area contributed by atoms with Crippen LogP contribution in [0.1, 0.15) is 30.9 Å². The maximum Gasteiger partial charge on any atom is 0.302 e. The highest BCUT2D eigenvalue weighted by molar-refractivity contribution is 8.20. The summed E-state index contributed by atoms with van der Waals surface area (Å²) in [5.41, 5.74) is 1.20. The number of hydrogen-bond acceptors (Lipinski definition) is 7. The largest absolute Gasteiger partial charge is 0.496 e. The molecule has 1 unspecified atom stereocenters. The number of esters is 1. The van der Waals surface area contributed by atoms with Crippen molar-refractivity contribution in [1.29, 1.82) is 0 Å². The number of carbonyl (C=O) groups excluding carboxylic acids is 1. The van der Waals surface area contributed by atoms with Crippen molar-refractivity contribution < 1.29 is 24.1 Å². The third kappa shape index (κ3) is 3.59. The van der Waals surface area contributed by atoms with E-state index in [1.807, 2.05) is 35.7 Å². The fourth-order valence-corrected chi connectivity index (χ4v) is 7.37. The van der Waals surface area contributed by atoms with Gasteiger partial charge >= 0.3 is 5.97 Å². The molecule has 0 aromatic heterocycles. The Morgan fingerprint density at radius 2 is 1.84 bits per heavy atom. The monoisotopic (exact) mass is 384 g/mol. The molecule has 1 aliphatic heterocycles. The molecule has 1 saturated heterocycles. The van der Waals surface area contributed by atoms with E-state index in [-0.39, 0.29) is 16.7 Å². The molecular formula is C18H24O5S2. The van der Waals surface area contributed by atoms with Crippen LogP contribution < -0.4 is 9.47 Å². The quantitative estimate of drug-likeness (QED) is 0.783. The van der Waals surface area contributed by atoms with Gasteiger partial charge in [-0.15, -0.1) is 23.5 Å². The van der Waals surface area contributed by atoms with Crippen molar-refractivity contribution in [2.24, 2.45) is 0 Å². The molecule has 0 amide bonds. The van der Waals surface area contributed by atoms with Crippen molar-refractivity contribution in [3.63, 3.8) is 0 Å². The summed E-state index contributed by atoms with van der Waals surface area (Å²) in [7, 11) is 3.33. The summed E-state index contributed by atoms with van der Waals surface area (Å²) in [6.45, 7) is 1.61. The predicted molar refractivity (Wildman–Crippen MR) is 101 cm³/mol. The van der Waals surface area contributed by atoms with Crippen LogP contribution in [-0.4, -0.2) is 49.0 Å². The summed E-state index contributed by atoms with van der Waals surface area (Å²) in [6, 6.07) is 3.84. The lowest BCUT2D eigenvalue weighted by Gasteiger charge is -2.44. The molecule has 1 atom stereocenters. The van der Waals surface area contributed by atoms with Gasteiger partial charge in [0.25, 0.3) is 0 Å². The third-order valence-corrected chi connectivity index (χ3v) is 8.16. The van der Waals surface area contributed by atoms with Crippen molar-refractivity contribution in [2.75, 3.05) is 32.3 Å². The van der Waals surface area contributed by atoms with E-state index in [2.05, 4.69) is 0 Å². The van der Waals surface area contributed by atoms with Crippen LogP contribution >= 0.6 is 23.5 Å². The van der Waals surface area contributed by atoms with E-state index in [0.29, 0.717) is 19.3 Å².